The minimum absolute atomic E-state index is 0.171. The van der Waals surface area contributed by atoms with Gasteiger partial charge in [0.1, 0.15) is 5.82 Å². The lowest BCUT2D eigenvalue weighted by Crippen LogP contribution is -2.27. The molecule has 2 aliphatic rings. The lowest BCUT2D eigenvalue weighted by molar-refractivity contribution is -0.121. The van der Waals surface area contributed by atoms with E-state index in [2.05, 4.69) is 31.1 Å². The molecular weight excluding hydrogens is 316 g/mol. The molecule has 7 nitrogen and oxygen atoms in total. The van der Waals surface area contributed by atoms with Crippen molar-refractivity contribution in [2.45, 2.75) is 45.3 Å². The van der Waals surface area contributed by atoms with Crippen LogP contribution in [0.3, 0.4) is 0 Å². The topological polar surface area (TPSA) is 68.0 Å². The average molecular weight is 342 g/mol. The third kappa shape index (κ3) is 4.10. The van der Waals surface area contributed by atoms with E-state index in [4.69, 9.17) is 0 Å². The summed E-state index contributed by atoms with van der Waals surface area (Å²) in [5, 5.41) is 7.30. The Balaban J connectivity index is 1.33. The largest absolute Gasteiger partial charge is 0.350 e. The van der Waals surface area contributed by atoms with Crippen molar-refractivity contribution >= 4 is 5.91 Å². The van der Waals surface area contributed by atoms with Gasteiger partial charge in [-0.15, -0.1) is 0 Å². The van der Waals surface area contributed by atoms with Crippen LogP contribution in [-0.4, -0.2) is 43.2 Å². The first-order valence-corrected chi connectivity index (χ1v) is 9.17. The SMILES string of the molecule is Cn1cc(CN2CCc3ncc(CNC(=O)CC4CC4)n3CC2)cn1. The van der Waals surface area contributed by atoms with Crippen molar-refractivity contribution in [1.82, 2.24) is 29.5 Å². The predicted octanol–water partition coefficient (Wildman–Crippen LogP) is 1.09. The molecule has 0 unspecified atom stereocenters. The molecule has 2 aromatic rings. The molecule has 25 heavy (non-hydrogen) atoms. The first kappa shape index (κ1) is 16.3. The van der Waals surface area contributed by atoms with Crippen LogP contribution < -0.4 is 5.32 Å². The van der Waals surface area contributed by atoms with Crippen molar-refractivity contribution < 1.29 is 4.79 Å². The maximum absolute atomic E-state index is 11.9. The summed E-state index contributed by atoms with van der Waals surface area (Å²) in [5.74, 6) is 1.92. The number of rotatable bonds is 6. The van der Waals surface area contributed by atoms with Crippen molar-refractivity contribution in [3.05, 3.63) is 35.7 Å². The standard InChI is InChI=1S/C18H26N6O/c1-22-12-15(9-21-22)13-23-5-4-17-19-10-16(24(17)7-6-23)11-20-18(25)8-14-2-3-14/h9-10,12,14H,2-8,11,13H2,1H3,(H,20,25). The molecule has 0 aromatic carbocycles. The number of nitrogens with one attached hydrogen (secondary N) is 1. The summed E-state index contributed by atoms with van der Waals surface area (Å²) in [4.78, 5) is 19.0. The number of hydrogen-bond acceptors (Lipinski definition) is 4. The van der Waals surface area contributed by atoms with Crippen molar-refractivity contribution in [3.63, 3.8) is 0 Å². The number of nitrogens with zero attached hydrogens (tertiary/aromatic N) is 5. The monoisotopic (exact) mass is 342 g/mol. The Kier molecular flexibility index (Phi) is 4.57. The summed E-state index contributed by atoms with van der Waals surface area (Å²) in [7, 11) is 1.95. The quantitative estimate of drug-likeness (QED) is 0.853. The second-order valence-electron chi connectivity index (χ2n) is 7.29. The summed E-state index contributed by atoms with van der Waals surface area (Å²) in [5.41, 5.74) is 2.36. The fourth-order valence-electron chi connectivity index (χ4n) is 3.49. The Bertz CT molecular complexity index is 745. The van der Waals surface area contributed by atoms with E-state index in [1.54, 1.807) is 0 Å². The van der Waals surface area contributed by atoms with E-state index in [0.29, 0.717) is 18.9 Å². The number of fused-ring (bicyclic) bond motifs is 1. The van der Waals surface area contributed by atoms with Gasteiger partial charge in [-0.25, -0.2) is 4.98 Å². The molecule has 0 spiro atoms. The Labute approximate surface area is 148 Å². The van der Waals surface area contributed by atoms with Gasteiger partial charge in [0, 0.05) is 57.8 Å². The Morgan fingerprint density at radius 3 is 2.92 bits per heavy atom. The van der Waals surface area contributed by atoms with E-state index in [1.807, 2.05) is 24.1 Å². The molecule has 1 N–H and O–H groups in total. The molecule has 0 saturated heterocycles. The van der Waals surface area contributed by atoms with Crippen LogP contribution in [0.4, 0.5) is 0 Å². The number of hydrogen-bond donors (Lipinski definition) is 1. The Morgan fingerprint density at radius 1 is 1.28 bits per heavy atom. The van der Waals surface area contributed by atoms with Crippen molar-refractivity contribution in [3.8, 4) is 0 Å². The van der Waals surface area contributed by atoms with Gasteiger partial charge in [-0.2, -0.15) is 5.10 Å². The third-order valence-electron chi connectivity index (χ3n) is 5.11. The second-order valence-corrected chi connectivity index (χ2v) is 7.29. The highest BCUT2D eigenvalue weighted by Gasteiger charge is 2.24. The van der Waals surface area contributed by atoms with Gasteiger partial charge in [0.15, 0.2) is 0 Å². The molecule has 1 amide bonds. The molecular formula is C18H26N6O. The zero-order chi connectivity index (χ0) is 17.2. The number of carbonyl (C=O) groups is 1. The molecule has 4 rings (SSSR count). The summed E-state index contributed by atoms with van der Waals surface area (Å²) in [6.45, 7) is 4.41. The smallest absolute Gasteiger partial charge is 0.220 e. The Morgan fingerprint density at radius 2 is 2.16 bits per heavy atom. The molecule has 0 bridgehead atoms. The van der Waals surface area contributed by atoms with Crippen LogP contribution >= 0.6 is 0 Å². The van der Waals surface area contributed by atoms with Gasteiger partial charge >= 0.3 is 0 Å². The van der Waals surface area contributed by atoms with Crippen molar-refractivity contribution in [1.29, 1.82) is 0 Å². The summed E-state index contributed by atoms with van der Waals surface area (Å²) < 4.78 is 4.13. The molecule has 134 valence electrons. The van der Waals surface area contributed by atoms with Gasteiger partial charge in [0.25, 0.3) is 0 Å². The summed E-state index contributed by atoms with van der Waals surface area (Å²) in [6.07, 6.45) is 9.97. The molecule has 7 heteroatoms. The van der Waals surface area contributed by atoms with E-state index in [-0.39, 0.29) is 5.91 Å². The lowest BCUT2D eigenvalue weighted by atomic mass is 10.3. The Hall–Kier alpha value is -2.15. The minimum atomic E-state index is 0.171. The van der Waals surface area contributed by atoms with Gasteiger partial charge in [-0.05, 0) is 18.8 Å². The van der Waals surface area contributed by atoms with E-state index in [1.165, 1.54) is 18.4 Å². The van der Waals surface area contributed by atoms with Crippen LogP contribution in [-0.2, 0) is 37.9 Å². The molecule has 2 aromatic heterocycles. The van der Waals surface area contributed by atoms with E-state index in [0.717, 1.165) is 44.1 Å². The predicted molar refractivity (Wildman–Crippen MR) is 93.6 cm³/mol. The average Bonchev–Trinajstić information content (AvgIpc) is 3.23. The van der Waals surface area contributed by atoms with Gasteiger partial charge in [-0.1, -0.05) is 0 Å². The zero-order valence-electron chi connectivity index (χ0n) is 14.8. The fraction of sp³-hybridized carbons (Fsp3) is 0.611. The molecule has 0 atom stereocenters. The molecule has 1 saturated carbocycles. The molecule has 1 fully saturated rings. The highest BCUT2D eigenvalue weighted by Crippen LogP contribution is 2.32. The number of imidazole rings is 1. The fourth-order valence-corrected chi connectivity index (χ4v) is 3.49. The van der Waals surface area contributed by atoms with Crippen LogP contribution in [0.2, 0.25) is 0 Å². The summed E-state index contributed by atoms with van der Waals surface area (Å²) in [6, 6.07) is 0. The first-order chi connectivity index (χ1) is 12.2. The van der Waals surface area contributed by atoms with E-state index < -0.39 is 0 Å². The minimum Gasteiger partial charge on any atom is -0.350 e. The van der Waals surface area contributed by atoms with Gasteiger partial charge in [0.05, 0.1) is 24.6 Å². The molecule has 1 aliphatic heterocycles. The van der Waals surface area contributed by atoms with Crippen molar-refractivity contribution in [2.75, 3.05) is 13.1 Å². The zero-order valence-corrected chi connectivity index (χ0v) is 14.8. The van der Waals surface area contributed by atoms with Crippen LogP contribution in [0.25, 0.3) is 0 Å². The third-order valence-corrected chi connectivity index (χ3v) is 5.11. The van der Waals surface area contributed by atoms with Crippen LogP contribution in [0.15, 0.2) is 18.6 Å². The van der Waals surface area contributed by atoms with Gasteiger partial charge in [0.2, 0.25) is 5.91 Å². The van der Waals surface area contributed by atoms with Gasteiger partial charge in [-0.3, -0.25) is 14.4 Å². The van der Waals surface area contributed by atoms with Crippen LogP contribution in [0, 0.1) is 5.92 Å². The highest BCUT2D eigenvalue weighted by atomic mass is 16.1. The van der Waals surface area contributed by atoms with E-state index >= 15 is 0 Å². The number of aromatic nitrogens is 4. The molecule has 3 heterocycles. The number of amides is 1. The maximum atomic E-state index is 11.9. The molecule has 1 aliphatic carbocycles. The van der Waals surface area contributed by atoms with Crippen LogP contribution in [0.1, 0.15) is 36.3 Å². The first-order valence-electron chi connectivity index (χ1n) is 9.17. The van der Waals surface area contributed by atoms with Crippen molar-refractivity contribution in [2.24, 2.45) is 13.0 Å². The van der Waals surface area contributed by atoms with E-state index in [9.17, 15) is 4.79 Å². The number of carbonyl (C=O) groups excluding carboxylic acids is 1. The highest BCUT2D eigenvalue weighted by molar-refractivity contribution is 5.76. The van der Waals surface area contributed by atoms with Crippen LogP contribution in [0.5, 0.6) is 0 Å². The number of aryl methyl sites for hydroxylation is 1. The maximum Gasteiger partial charge on any atom is 0.220 e. The normalized spacial score (nSPS) is 18.0. The summed E-state index contributed by atoms with van der Waals surface area (Å²) >= 11 is 0. The van der Waals surface area contributed by atoms with Gasteiger partial charge < -0.3 is 9.88 Å². The lowest BCUT2D eigenvalue weighted by Gasteiger charge is -2.18. The molecule has 0 radical (unpaired) electrons. The second kappa shape index (κ2) is 7.00.